The van der Waals surface area contributed by atoms with Crippen LogP contribution in [0.2, 0.25) is 5.02 Å². The van der Waals surface area contributed by atoms with Crippen molar-refractivity contribution in [2.24, 2.45) is 11.1 Å². The molecule has 0 spiro atoms. The molecule has 0 aliphatic heterocycles. The van der Waals surface area contributed by atoms with Crippen molar-refractivity contribution in [3.63, 3.8) is 0 Å². The summed E-state index contributed by atoms with van der Waals surface area (Å²) in [6.45, 7) is 4.81. The van der Waals surface area contributed by atoms with E-state index in [1.54, 1.807) is 12.1 Å². The number of hydrogen-bond donors (Lipinski definition) is 1. The van der Waals surface area contributed by atoms with E-state index < -0.39 is 0 Å². The molecule has 0 heterocycles. The second-order valence-corrected chi connectivity index (χ2v) is 5.05. The molecule has 0 amide bonds. The molecule has 1 aromatic rings. The molecule has 0 unspecified atom stereocenters. The van der Waals surface area contributed by atoms with Crippen LogP contribution in [0.3, 0.4) is 0 Å². The molecule has 0 bridgehead atoms. The Hall–Kier alpha value is -0.600. The molecule has 1 rings (SSSR count). The molecule has 2 N–H and O–H groups in total. The fraction of sp³-hybridized carbons (Fsp3) is 0.500. The Morgan fingerprint density at radius 2 is 2.07 bits per heavy atom. The predicted octanol–water partition coefficient (Wildman–Crippen LogP) is 3.40. The maximum Gasteiger partial charge on any atom is 0.127 e. The number of hydrogen-bond acceptors (Lipinski definition) is 1. The topological polar surface area (TPSA) is 26.0 Å². The normalized spacial score (nSPS) is 11.8. The molecule has 15 heavy (non-hydrogen) atoms. The molecule has 84 valence electrons. The van der Waals surface area contributed by atoms with Gasteiger partial charge in [-0.15, -0.1) is 0 Å². The molecular weight excluding hydrogens is 213 g/mol. The van der Waals surface area contributed by atoms with Crippen molar-refractivity contribution in [2.75, 3.05) is 6.54 Å². The third-order valence-electron chi connectivity index (χ3n) is 2.51. The van der Waals surface area contributed by atoms with Gasteiger partial charge in [-0.05, 0) is 42.5 Å². The first kappa shape index (κ1) is 12.5. The van der Waals surface area contributed by atoms with Gasteiger partial charge < -0.3 is 5.73 Å². The van der Waals surface area contributed by atoms with Gasteiger partial charge in [-0.25, -0.2) is 4.39 Å². The number of rotatable bonds is 4. The zero-order valence-electron chi connectivity index (χ0n) is 9.19. The molecule has 1 nitrogen and oxygen atoms in total. The van der Waals surface area contributed by atoms with Crippen molar-refractivity contribution < 1.29 is 4.39 Å². The van der Waals surface area contributed by atoms with E-state index >= 15 is 0 Å². The van der Waals surface area contributed by atoms with Crippen molar-refractivity contribution in [1.29, 1.82) is 0 Å². The first-order chi connectivity index (χ1) is 6.94. The van der Waals surface area contributed by atoms with Gasteiger partial charge in [-0.2, -0.15) is 0 Å². The van der Waals surface area contributed by atoms with Crippen molar-refractivity contribution in [1.82, 2.24) is 0 Å². The summed E-state index contributed by atoms with van der Waals surface area (Å²) in [4.78, 5) is 0. The van der Waals surface area contributed by atoms with Crippen LogP contribution in [0.1, 0.15) is 25.8 Å². The van der Waals surface area contributed by atoms with Crippen molar-refractivity contribution in [3.05, 3.63) is 34.6 Å². The molecule has 0 fully saturated rings. The molecular formula is C12H17ClFN. The molecule has 0 saturated carbocycles. The third kappa shape index (κ3) is 3.80. The van der Waals surface area contributed by atoms with Crippen molar-refractivity contribution in [3.8, 4) is 0 Å². The highest BCUT2D eigenvalue weighted by Crippen LogP contribution is 2.27. The minimum atomic E-state index is -0.229. The smallest absolute Gasteiger partial charge is 0.127 e. The molecule has 0 radical (unpaired) electrons. The summed E-state index contributed by atoms with van der Waals surface area (Å²) in [6.07, 6.45) is 1.57. The Balaban J connectivity index is 2.80. The predicted molar refractivity (Wildman–Crippen MR) is 62.6 cm³/mol. The SMILES string of the molecule is CC(C)(CCN)Cc1ccc(Cl)cc1F. The van der Waals surface area contributed by atoms with Gasteiger partial charge in [0, 0.05) is 5.02 Å². The average molecular weight is 230 g/mol. The molecule has 1 aromatic carbocycles. The number of halogens is 2. The van der Waals surface area contributed by atoms with Crippen LogP contribution >= 0.6 is 11.6 Å². The van der Waals surface area contributed by atoms with Crippen LogP contribution in [0, 0.1) is 11.2 Å². The van der Waals surface area contributed by atoms with E-state index in [9.17, 15) is 4.39 Å². The summed E-state index contributed by atoms with van der Waals surface area (Å²) in [6, 6.07) is 4.82. The summed E-state index contributed by atoms with van der Waals surface area (Å²) in [5, 5.41) is 0.438. The molecule has 3 heteroatoms. The first-order valence-electron chi connectivity index (χ1n) is 5.08. The van der Waals surface area contributed by atoms with Crippen LogP contribution in [0.4, 0.5) is 4.39 Å². The molecule has 0 atom stereocenters. The summed E-state index contributed by atoms with van der Waals surface area (Å²) < 4.78 is 13.5. The van der Waals surface area contributed by atoms with E-state index in [0.717, 1.165) is 6.42 Å². The molecule has 0 aliphatic rings. The maximum absolute atomic E-state index is 13.5. The second kappa shape index (κ2) is 4.95. The minimum absolute atomic E-state index is 0.0312. The zero-order valence-corrected chi connectivity index (χ0v) is 9.94. The number of benzene rings is 1. The summed E-state index contributed by atoms with van der Waals surface area (Å²) in [5.41, 5.74) is 6.25. The van der Waals surface area contributed by atoms with E-state index in [4.69, 9.17) is 17.3 Å². The highest BCUT2D eigenvalue weighted by molar-refractivity contribution is 6.30. The van der Waals surface area contributed by atoms with E-state index in [1.165, 1.54) is 6.07 Å². The maximum atomic E-state index is 13.5. The highest BCUT2D eigenvalue weighted by Gasteiger charge is 2.19. The number of nitrogens with two attached hydrogens (primary N) is 1. The second-order valence-electron chi connectivity index (χ2n) is 4.62. The van der Waals surface area contributed by atoms with Crippen LogP contribution in [0.15, 0.2) is 18.2 Å². The lowest BCUT2D eigenvalue weighted by atomic mass is 9.82. The Kier molecular flexibility index (Phi) is 4.12. The van der Waals surface area contributed by atoms with Crippen LogP contribution < -0.4 is 5.73 Å². The van der Waals surface area contributed by atoms with Crippen LogP contribution in [-0.2, 0) is 6.42 Å². The van der Waals surface area contributed by atoms with E-state index in [-0.39, 0.29) is 11.2 Å². The van der Waals surface area contributed by atoms with Gasteiger partial charge in [0.1, 0.15) is 5.82 Å². The highest BCUT2D eigenvalue weighted by atomic mass is 35.5. The van der Waals surface area contributed by atoms with Gasteiger partial charge >= 0.3 is 0 Å². The standard InChI is InChI=1S/C12H17ClFN/c1-12(2,5-6-15)8-9-3-4-10(13)7-11(9)14/h3-4,7H,5-6,8,15H2,1-2H3. The largest absolute Gasteiger partial charge is 0.330 e. The zero-order chi connectivity index (χ0) is 11.5. The van der Waals surface area contributed by atoms with Crippen LogP contribution in [-0.4, -0.2) is 6.54 Å². The van der Waals surface area contributed by atoms with Gasteiger partial charge in [0.2, 0.25) is 0 Å². The Morgan fingerprint density at radius 3 is 2.60 bits per heavy atom. The lowest BCUT2D eigenvalue weighted by Gasteiger charge is -2.24. The first-order valence-corrected chi connectivity index (χ1v) is 5.46. The van der Waals surface area contributed by atoms with Crippen LogP contribution in [0.25, 0.3) is 0 Å². The van der Waals surface area contributed by atoms with Crippen molar-refractivity contribution >= 4 is 11.6 Å². The van der Waals surface area contributed by atoms with Crippen molar-refractivity contribution in [2.45, 2.75) is 26.7 Å². The quantitative estimate of drug-likeness (QED) is 0.842. The van der Waals surface area contributed by atoms with E-state index in [0.29, 0.717) is 23.6 Å². The fourth-order valence-corrected chi connectivity index (χ4v) is 1.82. The summed E-state index contributed by atoms with van der Waals surface area (Å²) >= 11 is 5.69. The van der Waals surface area contributed by atoms with Gasteiger partial charge in [-0.3, -0.25) is 0 Å². The molecule has 0 aromatic heterocycles. The van der Waals surface area contributed by atoms with E-state index in [1.807, 2.05) is 0 Å². The van der Waals surface area contributed by atoms with Gasteiger partial charge in [0.05, 0.1) is 0 Å². The third-order valence-corrected chi connectivity index (χ3v) is 2.74. The molecule has 0 saturated heterocycles. The lowest BCUT2D eigenvalue weighted by molar-refractivity contribution is 0.333. The Morgan fingerprint density at radius 1 is 1.40 bits per heavy atom. The van der Waals surface area contributed by atoms with Gasteiger partial charge in [0.25, 0.3) is 0 Å². The molecule has 0 aliphatic carbocycles. The minimum Gasteiger partial charge on any atom is -0.330 e. The van der Waals surface area contributed by atoms with Gasteiger partial charge in [-0.1, -0.05) is 31.5 Å². The average Bonchev–Trinajstić information content (AvgIpc) is 2.09. The van der Waals surface area contributed by atoms with Crippen LogP contribution in [0.5, 0.6) is 0 Å². The van der Waals surface area contributed by atoms with E-state index in [2.05, 4.69) is 13.8 Å². The van der Waals surface area contributed by atoms with Gasteiger partial charge in [0.15, 0.2) is 0 Å². The summed E-state index contributed by atoms with van der Waals surface area (Å²) in [5.74, 6) is -0.229. The Labute approximate surface area is 95.4 Å². The lowest BCUT2D eigenvalue weighted by Crippen LogP contribution is -2.20. The summed E-state index contributed by atoms with van der Waals surface area (Å²) in [7, 11) is 0. The Bertz CT molecular complexity index is 336. The monoisotopic (exact) mass is 229 g/mol. The fourth-order valence-electron chi connectivity index (χ4n) is 1.66.